The first-order valence-electron chi connectivity index (χ1n) is 8.19. The molecule has 0 aromatic heterocycles. The molecule has 4 nitrogen and oxygen atoms in total. The van der Waals surface area contributed by atoms with Gasteiger partial charge in [0.1, 0.15) is 12.4 Å². The summed E-state index contributed by atoms with van der Waals surface area (Å²) in [5, 5.41) is 0.436. The van der Waals surface area contributed by atoms with Crippen LogP contribution in [0.5, 0.6) is 5.75 Å². The van der Waals surface area contributed by atoms with Crippen molar-refractivity contribution in [2.75, 3.05) is 0 Å². The molecule has 1 aliphatic heterocycles. The van der Waals surface area contributed by atoms with Crippen molar-refractivity contribution < 1.29 is 14.3 Å². The number of rotatable bonds is 5. The van der Waals surface area contributed by atoms with Crippen molar-refractivity contribution in [3.05, 3.63) is 69.6 Å². The number of imide groups is 1. The molecule has 3 rings (SSSR count). The molecule has 0 N–H and O–H groups in total. The Morgan fingerprint density at radius 3 is 2.46 bits per heavy atom. The van der Waals surface area contributed by atoms with E-state index in [1.807, 2.05) is 62.4 Å². The molecule has 134 valence electrons. The molecule has 1 aliphatic rings. The van der Waals surface area contributed by atoms with Gasteiger partial charge in [-0.1, -0.05) is 41.9 Å². The standard InChI is InChI=1S/C20H18ClNO3S/c1-13(2)22-19(23)18(26-20(22)24)11-15-5-3-4-6-17(15)25-12-14-7-9-16(21)10-8-14/h3-11,13H,12H2,1-2H3/b18-11-. The Kier molecular flexibility index (Phi) is 5.69. The third-order valence-corrected chi connectivity index (χ3v) is 4.99. The first-order chi connectivity index (χ1) is 12.5. The van der Waals surface area contributed by atoms with Gasteiger partial charge in [-0.05, 0) is 55.4 Å². The van der Waals surface area contributed by atoms with Crippen LogP contribution in [-0.4, -0.2) is 22.1 Å². The zero-order valence-electron chi connectivity index (χ0n) is 14.4. The number of benzene rings is 2. The van der Waals surface area contributed by atoms with Gasteiger partial charge in [-0.3, -0.25) is 14.5 Å². The first kappa shape index (κ1) is 18.5. The Balaban J connectivity index is 1.80. The molecule has 0 saturated carbocycles. The molecular formula is C20H18ClNO3S. The number of carbonyl (C=O) groups is 2. The summed E-state index contributed by atoms with van der Waals surface area (Å²) in [6.07, 6.45) is 1.71. The van der Waals surface area contributed by atoms with Gasteiger partial charge in [-0.2, -0.15) is 0 Å². The normalized spacial score (nSPS) is 16.0. The number of amides is 2. The summed E-state index contributed by atoms with van der Waals surface area (Å²) in [4.78, 5) is 26.2. The molecule has 0 aliphatic carbocycles. The molecule has 0 spiro atoms. The number of ether oxygens (including phenoxy) is 1. The Hall–Kier alpha value is -2.24. The maximum atomic E-state index is 12.4. The van der Waals surface area contributed by atoms with E-state index < -0.39 is 0 Å². The van der Waals surface area contributed by atoms with E-state index in [1.54, 1.807) is 6.08 Å². The van der Waals surface area contributed by atoms with Crippen LogP contribution >= 0.6 is 23.4 Å². The highest BCUT2D eigenvalue weighted by molar-refractivity contribution is 8.18. The predicted octanol–water partition coefficient (Wildman–Crippen LogP) is 5.36. The number of carbonyl (C=O) groups excluding carboxylic acids is 2. The largest absolute Gasteiger partial charge is 0.488 e. The summed E-state index contributed by atoms with van der Waals surface area (Å²) in [5.74, 6) is 0.390. The van der Waals surface area contributed by atoms with E-state index in [9.17, 15) is 9.59 Å². The molecule has 2 aromatic carbocycles. The molecular weight excluding hydrogens is 370 g/mol. The lowest BCUT2D eigenvalue weighted by Crippen LogP contribution is -2.34. The minimum atomic E-state index is -0.262. The van der Waals surface area contributed by atoms with Gasteiger partial charge in [-0.25, -0.2) is 0 Å². The van der Waals surface area contributed by atoms with Crippen LogP contribution in [0.15, 0.2) is 53.4 Å². The van der Waals surface area contributed by atoms with Crippen LogP contribution in [0, 0.1) is 0 Å². The second-order valence-corrected chi connectivity index (χ2v) is 7.53. The third-order valence-electron chi connectivity index (χ3n) is 3.85. The van der Waals surface area contributed by atoms with E-state index in [0.29, 0.717) is 22.3 Å². The number of thioether (sulfide) groups is 1. The van der Waals surface area contributed by atoms with Gasteiger partial charge in [0.05, 0.1) is 4.91 Å². The lowest BCUT2D eigenvalue weighted by Gasteiger charge is -2.16. The fourth-order valence-corrected chi connectivity index (χ4v) is 3.62. The van der Waals surface area contributed by atoms with Crippen LogP contribution < -0.4 is 4.74 Å². The number of nitrogens with zero attached hydrogens (tertiary/aromatic N) is 1. The zero-order chi connectivity index (χ0) is 18.7. The third kappa shape index (κ3) is 4.11. The average Bonchev–Trinajstić information content (AvgIpc) is 2.89. The monoisotopic (exact) mass is 387 g/mol. The smallest absolute Gasteiger partial charge is 0.293 e. The molecule has 2 aromatic rings. The lowest BCUT2D eigenvalue weighted by molar-refractivity contribution is -0.123. The summed E-state index contributed by atoms with van der Waals surface area (Å²) in [6.45, 7) is 4.03. The first-order valence-corrected chi connectivity index (χ1v) is 9.38. The minimum absolute atomic E-state index is 0.162. The quantitative estimate of drug-likeness (QED) is 0.647. The van der Waals surface area contributed by atoms with Gasteiger partial charge in [-0.15, -0.1) is 0 Å². The van der Waals surface area contributed by atoms with Gasteiger partial charge in [0.2, 0.25) is 0 Å². The molecule has 0 atom stereocenters. The minimum Gasteiger partial charge on any atom is -0.488 e. The van der Waals surface area contributed by atoms with Gasteiger partial charge >= 0.3 is 0 Å². The molecule has 6 heteroatoms. The number of para-hydroxylation sites is 1. The number of halogens is 1. The topological polar surface area (TPSA) is 46.6 Å². The second kappa shape index (κ2) is 7.98. The second-order valence-electron chi connectivity index (χ2n) is 6.10. The van der Waals surface area contributed by atoms with Crippen molar-refractivity contribution >= 4 is 40.6 Å². The summed E-state index contributed by atoms with van der Waals surface area (Å²) in [6, 6.07) is 14.7. The maximum absolute atomic E-state index is 12.4. The predicted molar refractivity (Wildman–Crippen MR) is 105 cm³/mol. The number of hydrogen-bond acceptors (Lipinski definition) is 4. The van der Waals surface area contributed by atoms with Crippen molar-refractivity contribution in [2.24, 2.45) is 0 Å². The molecule has 1 saturated heterocycles. The molecule has 1 fully saturated rings. The molecule has 0 bridgehead atoms. The van der Waals surface area contributed by atoms with Crippen molar-refractivity contribution in [3.63, 3.8) is 0 Å². The Bertz CT molecular complexity index is 862. The van der Waals surface area contributed by atoms with Crippen LogP contribution in [0.4, 0.5) is 4.79 Å². The summed E-state index contributed by atoms with van der Waals surface area (Å²) in [7, 11) is 0. The van der Waals surface area contributed by atoms with Crippen LogP contribution in [-0.2, 0) is 11.4 Å². The van der Waals surface area contributed by atoms with E-state index in [0.717, 1.165) is 22.9 Å². The van der Waals surface area contributed by atoms with Crippen LogP contribution in [0.25, 0.3) is 6.08 Å². The van der Waals surface area contributed by atoms with Gasteiger partial charge in [0, 0.05) is 16.6 Å². The molecule has 0 unspecified atom stereocenters. The maximum Gasteiger partial charge on any atom is 0.293 e. The van der Waals surface area contributed by atoms with Crippen LogP contribution in [0.1, 0.15) is 25.0 Å². The Morgan fingerprint density at radius 2 is 1.81 bits per heavy atom. The van der Waals surface area contributed by atoms with E-state index in [1.165, 1.54) is 4.90 Å². The highest BCUT2D eigenvalue weighted by Crippen LogP contribution is 2.35. The van der Waals surface area contributed by atoms with E-state index in [-0.39, 0.29) is 17.2 Å². The van der Waals surface area contributed by atoms with Crippen molar-refractivity contribution in [1.29, 1.82) is 0 Å². The number of hydrogen-bond donors (Lipinski definition) is 0. The van der Waals surface area contributed by atoms with Crippen molar-refractivity contribution in [2.45, 2.75) is 26.5 Å². The van der Waals surface area contributed by atoms with Crippen LogP contribution in [0.3, 0.4) is 0 Å². The Labute approximate surface area is 161 Å². The van der Waals surface area contributed by atoms with Gasteiger partial charge < -0.3 is 4.74 Å². The molecule has 26 heavy (non-hydrogen) atoms. The van der Waals surface area contributed by atoms with E-state index in [4.69, 9.17) is 16.3 Å². The fraction of sp³-hybridized carbons (Fsp3) is 0.200. The van der Waals surface area contributed by atoms with Crippen LogP contribution in [0.2, 0.25) is 5.02 Å². The summed E-state index contributed by atoms with van der Waals surface area (Å²) >= 11 is 6.85. The average molecular weight is 388 g/mol. The highest BCUT2D eigenvalue weighted by Gasteiger charge is 2.36. The SMILES string of the molecule is CC(C)N1C(=O)S/C(=C\c2ccccc2OCc2ccc(Cl)cc2)C1=O. The van der Waals surface area contributed by atoms with Crippen molar-refractivity contribution in [1.82, 2.24) is 4.90 Å². The molecule has 0 radical (unpaired) electrons. The highest BCUT2D eigenvalue weighted by atomic mass is 35.5. The van der Waals surface area contributed by atoms with Gasteiger partial charge in [0.25, 0.3) is 11.1 Å². The summed E-state index contributed by atoms with van der Waals surface area (Å²) in [5.41, 5.74) is 1.75. The molecule has 2 amide bonds. The fourth-order valence-electron chi connectivity index (χ4n) is 2.54. The lowest BCUT2D eigenvalue weighted by atomic mass is 10.1. The summed E-state index contributed by atoms with van der Waals surface area (Å²) < 4.78 is 5.90. The molecule has 1 heterocycles. The zero-order valence-corrected chi connectivity index (χ0v) is 16.0. The van der Waals surface area contributed by atoms with E-state index in [2.05, 4.69) is 0 Å². The van der Waals surface area contributed by atoms with Crippen molar-refractivity contribution in [3.8, 4) is 5.75 Å². The van der Waals surface area contributed by atoms with E-state index >= 15 is 0 Å². The van der Waals surface area contributed by atoms with Gasteiger partial charge in [0.15, 0.2) is 0 Å². The Morgan fingerprint density at radius 1 is 1.12 bits per heavy atom.